The maximum Gasteiger partial charge on any atom is 0.251 e. The molecule has 2 aromatic carbocycles. The standard InChI is InChI=1S/C25H27N3O3/c1-25(2,3)19-13-11-18(12-14-19)24(31)27-16-23(30)28(17-20-8-6-7-15-26-20)21-9-4-5-10-22(21)29/h4-15,29H,16-17H2,1-3H3,(H,27,31). The maximum atomic E-state index is 13.0. The Morgan fingerprint density at radius 2 is 1.65 bits per heavy atom. The van der Waals surface area contributed by atoms with Crippen molar-refractivity contribution in [3.8, 4) is 5.75 Å². The molecule has 3 rings (SSSR count). The van der Waals surface area contributed by atoms with Gasteiger partial charge < -0.3 is 15.3 Å². The van der Waals surface area contributed by atoms with Crippen molar-refractivity contribution in [3.05, 3.63) is 89.7 Å². The molecule has 0 aliphatic heterocycles. The van der Waals surface area contributed by atoms with E-state index in [1.54, 1.807) is 48.7 Å². The van der Waals surface area contributed by atoms with Crippen LogP contribution in [0.3, 0.4) is 0 Å². The largest absolute Gasteiger partial charge is 0.506 e. The third-order valence-corrected chi connectivity index (χ3v) is 4.93. The van der Waals surface area contributed by atoms with E-state index in [0.717, 1.165) is 5.56 Å². The first-order valence-corrected chi connectivity index (χ1v) is 10.1. The minimum Gasteiger partial charge on any atom is -0.506 e. The SMILES string of the molecule is CC(C)(C)c1ccc(C(=O)NCC(=O)N(Cc2ccccn2)c2ccccc2O)cc1. The number of benzene rings is 2. The Balaban J connectivity index is 1.73. The van der Waals surface area contributed by atoms with Crippen molar-refractivity contribution in [2.24, 2.45) is 0 Å². The maximum absolute atomic E-state index is 13.0. The van der Waals surface area contributed by atoms with Gasteiger partial charge in [0.2, 0.25) is 5.91 Å². The monoisotopic (exact) mass is 417 g/mol. The molecule has 0 bridgehead atoms. The third-order valence-electron chi connectivity index (χ3n) is 4.93. The molecule has 0 atom stereocenters. The predicted molar refractivity (Wildman–Crippen MR) is 121 cm³/mol. The number of nitrogens with zero attached hydrogens (tertiary/aromatic N) is 2. The quantitative estimate of drug-likeness (QED) is 0.634. The fourth-order valence-electron chi connectivity index (χ4n) is 3.13. The number of amides is 2. The van der Waals surface area contributed by atoms with Gasteiger partial charge in [-0.1, -0.05) is 51.1 Å². The van der Waals surface area contributed by atoms with Gasteiger partial charge in [-0.15, -0.1) is 0 Å². The molecule has 160 valence electrons. The Morgan fingerprint density at radius 3 is 2.26 bits per heavy atom. The molecular weight excluding hydrogens is 390 g/mol. The zero-order valence-corrected chi connectivity index (χ0v) is 18.0. The van der Waals surface area contributed by atoms with Crippen LogP contribution in [0.15, 0.2) is 72.9 Å². The second-order valence-electron chi connectivity index (χ2n) is 8.30. The molecule has 1 heterocycles. The number of carbonyl (C=O) groups excluding carboxylic acids is 2. The normalized spacial score (nSPS) is 11.1. The van der Waals surface area contributed by atoms with Crippen molar-refractivity contribution < 1.29 is 14.7 Å². The Morgan fingerprint density at radius 1 is 0.968 bits per heavy atom. The molecule has 2 N–H and O–H groups in total. The van der Waals surface area contributed by atoms with Crippen LogP contribution in [0.4, 0.5) is 5.69 Å². The van der Waals surface area contributed by atoms with Gasteiger partial charge in [0, 0.05) is 11.8 Å². The number of nitrogens with one attached hydrogen (secondary N) is 1. The molecular formula is C25H27N3O3. The molecule has 2 amide bonds. The fraction of sp³-hybridized carbons (Fsp3) is 0.240. The summed E-state index contributed by atoms with van der Waals surface area (Å²) in [7, 11) is 0. The van der Waals surface area contributed by atoms with Crippen LogP contribution in [0.25, 0.3) is 0 Å². The van der Waals surface area contributed by atoms with E-state index in [9.17, 15) is 14.7 Å². The second kappa shape index (κ2) is 9.43. The topological polar surface area (TPSA) is 82.5 Å². The molecule has 0 aliphatic carbocycles. The van der Waals surface area contributed by atoms with Crippen molar-refractivity contribution in [2.75, 3.05) is 11.4 Å². The number of carbonyl (C=O) groups is 2. The molecule has 6 heteroatoms. The minimum atomic E-state index is -0.355. The smallest absolute Gasteiger partial charge is 0.251 e. The zero-order valence-electron chi connectivity index (χ0n) is 18.0. The van der Waals surface area contributed by atoms with Gasteiger partial charge in [-0.25, -0.2) is 0 Å². The lowest BCUT2D eigenvalue weighted by molar-refractivity contribution is -0.117. The van der Waals surface area contributed by atoms with Gasteiger partial charge in [0.25, 0.3) is 5.91 Å². The van der Waals surface area contributed by atoms with E-state index in [2.05, 4.69) is 31.1 Å². The summed E-state index contributed by atoms with van der Waals surface area (Å²) >= 11 is 0. The summed E-state index contributed by atoms with van der Waals surface area (Å²) in [4.78, 5) is 31.2. The highest BCUT2D eigenvalue weighted by molar-refractivity contribution is 6.01. The molecule has 1 aromatic heterocycles. The summed E-state index contributed by atoms with van der Waals surface area (Å²) in [5, 5.41) is 12.9. The number of aromatic hydroxyl groups is 1. The van der Waals surface area contributed by atoms with Crippen LogP contribution in [-0.2, 0) is 16.8 Å². The average Bonchev–Trinajstić information content (AvgIpc) is 2.76. The van der Waals surface area contributed by atoms with Gasteiger partial charge in [0.05, 0.1) is 24.5 Å². The molecule has 31 heavy (non-hydrogen) atoms. The molecule has 0 unspecified atom stereocenters. The van der Waals surface area contributed by atoms with E-state index in [1.165, 1.54) is 11.0 Å². The Hall–Kier alpha value is -3.67. The molecule has 3 aromatic rings. The summed E-state index contributed by atoms with van der Waals surface area (Å²) in [5.74, 6) is -0.702. The highest BCUT2D eigenvalue weighted by Crippen LogP contribution is 2.28. The number of rotatable bonds is 6. The van der Waals surface area contributed by atoms with Crippen molar-refractivity contribution in [3.63, 3.8) is 0 Å². The number of hydrogen-bond donors (Lipinski definition) is 2. The molecule has 0 aliphatic rings. The number of para-hydroxylation sites is 2. The molecule has 0 radical (unpaired) electrons. The number of pyridine rings is 1. The number of phenolic OH excluding ortho intramolecular Hbond substituents is 1. The van der Waals surface area contributed by atoms with E-state index in [4.69, 9.17) is 0 Å². The van der Waals surface area contributed by atoms with Gasteiger partial charge in [0.1, 0.15) is 5.75 Å². The second-order valence-corrected chi connectivity index (χ2v) is 8.30. The number of hydrogen-bond acceptors (Lipinski definition) is 4. The molecule has 6 nitrogen and oxygen atoms in total. The summed E-state index contributed by atoms with van der Waals surface area (Å²) in [6.45, 7) is 6.29. The Kier molecular flexibility index (Phi) is 6.70. The van der Waals surface area contributed by atoms with Crippen LogP contribution in [0.2, 0.25) is 0 Å². The van der Waals surface area contributed by atoms with Crippen LogP contribution in [0.5, 0.6) is 5.75 Å². The molecule has 0 fully saturated rings. The van der Waals surface area contributed by atoms with Crippen molar-refractivity contribution in [2.45, 2.75) is 32.7 Å². The summed E-state index contributed by atoms with van der Waals surface area (Å²) < 4.78 is 0. The average molecular weight is 418 g/mol. The predicted octanol–water partition coefficient (Wildman–Crippen LogP) is 4.05. The number of aromatic nitrogens is 1. The fourth-order valence-corrected chi connectivity index (χ4v) is 3.13. The van der Waals surface area contributed by atoms with Gasteiger partial charge in [-0.2, -0.15) is 0 Å². The lowest BCUT2D eigenvalue weighted by Crippen LogP contribution is -2.40. The van der Waals surface area contributed by atoms with E-state index in [1.807, 2.05) is 18.2 Å². The van der Waals surface area contributed by atoms with Crippen LogP contribution in [0.1, 0.15) is 42.4 Å². The zero-order chi connectivity index (χ0) is 22.4. The minimum absolute atomic E-state index is 0.00532. The lowest BCUT2D eigenvalue weighted by atomic mass is 9.87. The van der Waals surface area contributed by atoms with Gasteiger partial charge >= 0.3 is 0 Å². The molecule has 0 saturated heterocycles. The molecule has 0 spiro atoms. The summed E-state index contributed by atoms with van der Waals surface area (Å²) in [5.41, 5.74) is 2.64. The van der Waals surface area contributed by atoms with E-state index < -0.39 is 0 Å². The van der Waals surface area contributed by atoms with Gasteiger partial charge in [-0.3, -0.25) is 14.6 Å². The third kappa shape index (κ3) is 5.69. The first-order valence-electron chi connectivity index (χ1n) is 10.1. The highest BCUT2D eigenvalue weighted by atomic mass is 16.3. The first kappa shape index (κ1) is 22.0. The summed E-state index contributed by atoms with van der Waals surface area (Å²) in [6, 6.07) is 19.4. The van der Waals surface area contributed by atoms with Crippen LogP contribution >= 0.6 is 0 Å². The van der Waals surface area contributed by atoms with Crippen LogP contribution in [-0.4, -0.2) is 28.4 Å². The van der Waals surface area contributed by atoms with Gasteiger partial charge in [0.15, 0.2) is 0 Å². The lowest BCUT2D eigenvalue weighted by Gasteiger charge is -2.23. The van der Waals surface area contributed by atoms with E-state index >= 15 is 0 Å². The number of anilines is 1. The summed E-state index contributed by atoms with van der Waals surface area (Å²) in [6.07, 6.45) is 1.64. The van der Waals surface area contributed by atoms with E-state index in [0.29, 0.717) is 16.9 Å². The Bertz CT molecular complexity index is 1040. The highest BCUT2D eigenvalue weighted by Gasteiger charge is 2.21. The van der Waals surface area contributed by atoms with Crippen LogP contribution in [0, 0.1) is 0 Å². The van der Waals surface area contributed by atoms with E-state index in [-0.39, 0.29) is 36.1 Å². The Labute approximate surface area is 182 Å². The number of phenols is 1. The first-order chi connectivity index (χ1) is 14.8. The van der Waals surface area contributed by atoms with Crippen molar-refractivity contribution in [1.29, 1.82) is 0 Å². The van der Waals surface area contributed by atoms with Crippen molar-refractivity contribution >= 4 is 17.5 Å². The van der Waals surface area contributed by atoms with Crippen molar-refractivity contribution in [1.82, 2.24) is 10.3 Å². The van der Waals surface area contributed by atoms with Crippen LogP contribution < -0.4 is 10.2 Å². The van der Waals surface area contributed by atoms with Gasteiger partial charge in [-0.05, 0) is 47.4 Å². The molecule has 0 saturated carbocycles.